The van der Waals surface area contributed by atoms with Gasteiger partial charge in [0.25, 0.3) is 5.91 Å². The van der Waals surface area contributed by atoms with E-state index < -0.39 is 5.91 Å². The van der Waals surface area contributed by atoms with Gasteiger partial charge in [-0.2, -0.15) is 0 Å². The highest BCUT2D eigenvalue weighted by Gasteiger charge is 2.13. The number of nitrogens with two attached hydrogens (primary N) is 1. The summed E-state index contributed by atoms with van der Waals surface area (Å²) in [5, 5.41) is 3.08. The van der Waals surface area contributed by atoms with Gasteiger partial charge in [-0.05, 0) is 18.2 Å². The Bertz CT molecular complexity index is 603. The number of nitrogen functional groups attached to an aromatic ring is 1. The van der Waals surface area contributed by atoms with E-state index in [2.05, 4.69) is 15.3 Å². The molecule has 0 aliphatic carbocycles. The third kappa shape index (κ3) is 2.69. The summed E-state index contributed by atoms with van der Waals surface area (Å²) in [5.41, 5.74) is 5.71. The lowest BCUT2D eigenvalue weighted by molar-refractivity contribution is 0.102. The van der Waals surface area contributed by atoms with E-state index in [4.69, 9.17) is 28.9 Å². The van der Waals surface area contributed by atoms with Crippen molar-refractivity contribution in [1.29, 1.82) is 0 Å². The molecular formula is C11H8Cl2N4O. The molecule has 2 heterocycles. The van der Waals surface area contributed by atoms with Gasteiger partial charge in [-0.1, -0.05) is 23.2 Å². The fraction of sp³-hybridized carbons (Fsp3) is 0. The van der Waals surface area contributed by atoms with Crippen LogP contribution < -0.4 is 11.1 Å². The number of halogens is 2. The summed E-state index contributed by atoms with van der Waals surface area (Å²) in [6.45, 7) is 0. The van der Waals surface area contributed by atoms with Gasteiger partial charge in [-0.25, -0.2) is 9.97 Å². The number of carbonyl (C=O) groups excluding carboxylic acids is 1. The number of hydrogen-bond donors (Lipinski definition) is 2. The number of hydrogen-bond acceptors (Lipinski definition) is 4. The molecule has 0 aliphatic heterocycles. The fourth-order valence-electron chi connectivity index (χ4n) is 1.28. The summed E-state index contributed by atoms with van der Waals surface area (Å²) in [4.78, 5) is 19.7. The van der Waals surface area contributed by atoms with Crippen LogP contribution in [0.15, 0.2) is 30.6 Å². The predicted molar refractivity (Wildman–Crippen MR) is 70.9 cm³/mol. The Kier molecular flexibility index (Phi) is 3.64. The second-order valence-corrected chi connectivity index (χ2v) is 4.19. The minimum Gasteiger partial charge on any atom is -0.384 e. The highest BCUT2D eigenvalue weighted by atomic mass is 35.5. The molecule has 0 saturated carbocycles. The zero-order valence-electron chi connectivity index (χ0n) is 9.02. The van der Waals surface area contributed by atoms with Gasteiger partial charge in [0, 0.05) is 12.4 Å². The lowest BCUT2D eigenvalue weighted by Gasteiger charge is -2.07. The molecule has 0 saturated heterocycles. The van der Waals surface area contributed by atoms with E-state index in [1.54, 1.807) is 12.1 Å². The van der Waals surface area contributed by atoms with E-state index >= 15 is 0 Å². The Balaban J connectivity index is 2.28. The van der Waals surface area contributed by atoms with Gasteiger partial charge in [0.15, 0.2) is 5.82 Å². The van der Waals surface area contributed by atoms with Crippen molar-refractivity contribution in [2.45, 2.75) is 0 Å². The van der Waals surface area contributed by atoms with Gasteiger partial charge in [0.2, 0.25) is 0 Å². The second kappa shape index (κ2) is 5.20. The number of rotatable bonds is 2. The van der Waals surface area contributed by atoms with Gasteiger partial charge in [-0.3, -0.25) is 4.79 Å². The van der Waals surface area contributed by atoms with Crippen LogP contribution in [0.2, 0.25) is 10.0 Å². The smallest absolute Gasteiger partial charge is 0.258 e. The lowest BCUT2D eigenvalue weighted by atomic mass is 10.2. The molecule has 0 aliphatic rings. The van der Waals surface area contributed by atoms with Crippen LogP contribution in [0.1, 0.15) is 10.4 Å². The quantitative estimate of drug-likeness (QED) is 0.887. The fourth-order valence-corrected chi connectivity index (χ4v) is 1.64. The standard InChI is InChI=1S/C11H8Cl2N4O/c12-7-2-1-3-15-10(7)17-11(18)6-4-9(14)16-5-8(6)13/h1-5H,(H2,14,16)(H,15,17,18). The Morgan fingerprint density at radius 1 is 1.28 bits per heavy atom. The third-order valence-corrected chi connectivity index (χ3v) is 2.72. The summed E-state index contributed by atoms with van der Waals surface area (Å²) in [6, 6.07) is 4.66. The van der Waals surface area contributed by atoms with Gasteiger partial charge < -0.3 is 11.1 Å². The zero-order valence-corrected chi connectivity index (χ0v) is 10.5. The van der Waals surface area contributed by atoms with Gasteiger partial charge >= 0.3 is 0 Å². The molecule has 92 valence electrons. The van der Waals surface area contributed by atoms with Crippen LogP contribution in [0, 0.1) is 0 Å². The molecule has 0 unspecified atom stereocenters. The molecule has 0 spiro atoms. The summed E-state index contributed by atoms with van der Waals surface area (Å²) in [6.07, 6.45) is 2.83. The number of pyridine rings is 2. The molecule has 1 amide bonds. The largest absolute Gasteiger partial charge is 0.384 e. The molecule has 0 radical (unpaired) electrons. The maximum absolute atomic E-state index is 12.0. The van der Waals surface area contributed by atoms with Crippen molar-refractivity contribution in [2.24, 2.45) is 0 Å². The van der Waals surface area contributed by atoms with E-state index in [1.165, 1.54) is 18.5 Å². The van der Waals surface area contributed by atoms with Gasteiger partial charge in [0.1, 0.15) is 5.82 Å². The van der Waals surface area contributed by atoms with Crippen molar-refractivity contribution in [2.75, 3.05) is 11.1 Å². The van der Waals surface area contributed by atoms with Gasteiger partial charge in [0.05, 0.1) is 15.6 Å². The highest BCUT2D eigenvalue weighted by molar-refractivity contribution is 6.35. The van der Waals surface area contributed by atoms with Crippen LogP contribution in [-0.2, 0) is 0 Å². The summed E-state index contributed by atoms with van der Waals surface area (Å²) in [7, 11) is 0. The van der Waals surface area contributed by atoms with E-state index in [0.29, 0.717) is 5.02 Å². The number of nitrogens with zero attached hydrogens (tertiary/aromatic N) is 2. The lowest BCUT2D eigenvalue weighted by Crippen LogP contribution is -2.14. The van der Waals surface area contributed by atoms with E-state index in [1.807, 2.05) is 0 Å². The molecule has 0 aromatic carbocycles. The first-order valence-corrected chi connectivity index (χ1v) is 5.66. The second-order valence-electron chi connectivity index (χ2n) is 3.38. The first kappa shape index (κ1) is 12.6. The predicted octanol–water partition coefficient (Wildman–Crippen LogP) is 2.62. The topological polar surface area (TPSA) is 80.9 Å². The first-order chi connectivity index (χ1) is 8.58. The molecule has 2 rings (SSSR count). The van der Waals surface area contributed by atoms with Crippen LogP contribution in [0.25, 0.3) is 0 Å². The number of anilines is 2. The van der Waals surface area contributed by atoms with Crippen LogP contribution in [0.5, 0.6) is 0 Å². The molecule has 5 nitrogen and oxygen atoms in total. The van der Waals surface area contributed by atoms with E-state index in [0.717, 1.165) is 0 Å². The zero-order chi connectivity index (χ0) is 13.1. The third-order valence-electron chi connectivity index (χ3n) is 2.11. The maximum atomic E-state index is 12.0. The molecule has 3 N–H and O–H groups in total. The summed E-state index contributed by atoms with van der Waals surface area (Å²) >= 11 is 11.7. The highest BCUT2D eigenvalue weighted by Crippen LogP contribution is 2.21. The van der Waals surface area contributed by atoms with E-state index in [9.17, 15) is 4.79 Å². The van der Waals surface area contributed by atoms with Crippen LogP contribution in [-0.4, -0.2) is 15.9 Å². The molecule has 0 atom stereocenters. The van der Waals surface area contributed by atoms with Crippen molar-refractivity contribution in [3.05, 3.63) is 46.2 Å². The summed E-state index contributed by atoms with van der Waals surface area (Å²) < 4.78 is 0. The van der Waals surface area contributed by atoms with Crippen LogP contribution >= 0.6 is 23.2 Å². The maximum Gasteiger partial charge on any atom is 0.258 e. The average molecular weight is 283 g/mol. The van der Waals surface area contributed by atoms with Crippen molar-refractivity contribution < 1.29 is 4.79 Å². The first-order valence-electron chi connectivity index (χ1n) is 4.91. The minimum absolute atomic E-state index is 0.203. The number of nitrogens with one attached hydrogen (secondary N) is 1. The monoisotopic (exact) mass is 282 g/mol. The molecular weight excluding hydrogens is 275 g/mol. The number of carbonyl (C=O) groups is 1. The van der Waals surface area contributed by atoms with Crippen molar-refractivity contribution in [3.63, 3.8) is 0 Å². The van der Waals surface area contributed by atoms with Crippen molar-refractivity contribution in [1.82, 2.24) is 9.97 Å². The Hall–Kier alpha value is -1.85. The normalized spacial score (nSPS) is 10.1. The Morgan fingerprint density at radius 2 is 2.06 bits per heavy atom. The summed E-state index contributed by atoms with van der Waals surface area (Å²) in [5.74, 6) is 0.0157. The molecule has 0 bridgehead atoms. The Labute approximate surface area is 113 Å². The van der Waals surface area contributed by atoms with Crippen molar-refractivity contribution >= 4 is 40.7 Å². The number of amides is 1. The van der Waals surface area contributed by atoms with Crippen LogP contribution in [0.3, 0.4) is 0 Å². The average Bonchev–Trinajstić information content (AvgIpc) is 2.35. The Morgan fingerprint density at radius 3 is 2.78 bits per heavy atom. The molecule has 2 aromatic rings. The van der Waals surface area contributed by atoms with E-state index in [-0.39, 0.29) is 22.2 Å². The SMILES string of the molecule is Nc1cc(C(=O)Nc2ncccc2Cl)c(Cl)cn1. The molecule has 0 fully saturated rings. The van der Waals surface area contributed by atoms with Gasteiger partial charge in [-0.15, -0.1) is 0 Å². The molecule has 18 heavy (non-hydrogen) atoms. The van der Waals surface area contributed by atoms with Crippen LogP contribution in [0.4, 0.5) is 11.6 Å². The molecule has 2 aromatic heterocycles. The van der Waals surface area contributed by atoms with Crippen molar-refractivity contribution in [3.8, 4) is 0 Å². The molecule has 7 heteroatoms. The minimum atomic E-state index is -0.449. The number of aromatic nitrogens is 2.